The lowest BCUT2D eigenvalue weighted by atomic mass is 10.1. The van der Waals surface area contributed by atoms with Gasteiger partial charge >= 0.3 is 0 Å². The lowest BCUT2D eigenvalue weighted by molar-refractivity contribution is 0.614. The van der Waals surface area contributed by atoms with Crippen LogP contribution < -0.4 is 0 Å². The fourth-order valence-corrected chi connectivity index (χ4v) is 5.27. The van der Waals surface area contributed by atoms with Gasteiger partial charge in [0, 0.05) is 27.3 Å². The minimum absolute atomic E-state index is 0.748. The molecule has 1 aliphatic carbocycles. The van der Waals surface area contributed by atoms with Crippen LogP contribution in [0.25, 0.3) is 16.7 Å². The molecule has 1 aromatic heterocycles. The van der Waals surface area contributed by atoms with Crippen LogP contribution in [0.1, 0.15) is 18.4 Å². The standard InChI is InChI=1S/C17H16N2OS2/c1-21-14-9-11(8-13-12(14)4-7-20-13)15-16(10-2-3-10)22-17-18-5-6-19(15)17/h4,7-10H,2-3,5-6H2,1H3. The molecule has 3 nitrogen and oxygen atoms in total. The second kappa shape index (κ2) is 4.83. The number of thioether (sulfide) groups is 2. The molecule has 0 radical (unpaired) electrons. The number of aliphatic imine (C=N–C) groups is 1. The third-order valence-electron chi connectivity index (χ3n) is 4.48. The minimum Gasteiger partial charge on any atom is -0.464 e. The summed E-state index contributed by atoms with van der Waals surface area (Å²) in [7, 11) is 0. The van der Waals surface area contributed by atoms with Crippen molar-refractivity contribution in [3.8, 4) is 0 Å². The fraction of sp³-hybridized carbons (Fsp3) is 0.353. The molecule has 1 fully saturated rings. The van der Waals surface area contributed by atoms with E-state index in [0.717, 1.165) is 24.6 Å². The normalized spacial score (nSPS) is 21.0. The molecule has 5 rings (SSSR count). The number of allylic oxidation sites excluding steroid dienone is 1. The zero-order valence-electron chi connectivity index (χ0n) is 12.3. The van der Waals surface area contributed by atoms with Crippen molar-refractivity contribution in [2.45, 2.75) is 17.7 Å². The Hall–Kier alpha value is -1.33. The number of benzene rings is 1. The average Bonchev–Trinajstić information content (AvgIpc) is 2.96. The van der Waals surface area contributed by atoms with E-state index < -0.39 is 0 Å². The van der Waals surface area contributed by atoms with E-state index in [2.05, 4.69) is 34.3 Å². The summed E-state index contributed by atoms with van der Waals surface area (Å²) in [5.74, 6) is 0.748. The van der Waals surface area contributed by atoms with Crippen LogP contribution in [0.3, 0.4) is 0 Å². The monoisotopic (exact) mass is 328 g/mol. The highest BCUT2D eigenvalue weighted by Crippen LogP contribution is 2.53. The van der Waals surface area contributed by atoms with E-state index >= 15 is 0 Å². The van der Waals surface area contributed by atoms with Crippen molar-refractivity contribution >= 4 is 45.4 Å². The first-order chi connectivity index (χ1) is 10.8. The number of rotatable bonds is 3. The number of nitrogens with zero attached hydrogens (tertiary/aromatic N) is 2. The van der Waals surface area contributed by atoms with Crippen LogP contribution in [0, 0.1) is 5.92 Å². The Balaban J connectivity index is 1.71. The summed E-state index contributed by atoms with van der Waals surface area (Å²) < 4.78 is 5.69. The maximum atomic E-state index is 5.69. The molecular formula is C17H16N2OS2. The highest BCUT2D eigenvalue weighted by Gasteiger charge is 2.40. The summed E-state index contributed by atoms with van der Waals surface area (Å²) in [6, 6.07) is 6.59. The summed E-state index contributed by atoms with van der Waals surface area (Å²) in [6.45, 7) is 1.93. The summed E-state index contributed by atoms with van der Waals surface area (Å²) in [5, 5.41) is 2.41. The maximum Gasteiger partial charge on any atom is 0.168 e. The van der Waals surface area contributed by atoms with Crippen molar-refractivity contribution in [2.24, 2.45) is 10.9 Å². The van der Waals surface area contributed by atoms with Crippen LogP contribution in [0.2, 0.25) is 0 Å². The molecule has 1 aromatic carbocycles. The molecule has 2 aliphatic heterocycles. The van der Waals surface area contributed by atoms with Crippen LogP contribution in [0.4, 0.5) is 0 Å². The van der Waals surface area contributed by atoms with Gasteiger partial charge in [0.2, 0.25) is 0 Å². The summed E-state index contributed by atoms with van der Waals surface area (Å²) in [5.41, 5.74) is 3.66. The number of amidine groups is 1. The predicted molar refractivity (Wildman–Crippen MR) is 94.2 cm³/mol. The van der Waals surface area contributed by atoms with Gasteiger partial charge in [-0.3, -0.25) is 4.99 Å². The molecule has 2 aromatic rings. The SMILES string of the molecule is CSc1cc(C2=C(C3CC3)SC3=NCCN32)cc2occc12. The molecule has 0 saturated heterocycles. The van der Waals surface area contributed by atoms with Gasteiger partial charge in [-0.1, -0.05) is 11.8 Å². The second-order valence-electron chi connectivity index (χ2n) is 5.92. The Morgan fingerprint density at radius 2 is 2.27 bits per heavy atom. The Labute approximate surface area is 137 Å². The number of furan rings is 1. The predicted octanol–water partition coefficient (Wildman–Crippen LogP) is 4.65. The molecule has 1 saturated carbocycles. The highest BCUT2D eigenvalue weighted by molar-refractivity contribution is 8.17. The van der Waals surface area contributed by atoms with E-state index in [1.807, 2.05) is 11.8 Å². The minimum atomic E-state index is 0.748. The largest absolute Gasteiger partial charge is 0.464 e. The molecule has 0 unspecified atom stereocenters. The lowest BCUT2D eigenvalue weighted by Crippen LogP contribution is -2.20. The van der Waals surface area contributed by atoms with Crippen molar-refractivity contribution in [1.29, 1.82) is 0 Å². The van der Waals surface area contributed by atoms with Crippen LogP contribution in [-0.2, 0) is 0 Å². The Morgan fingerprint density at radius 1 is 1.36 bits per heavy atom. The van der Waals surface area contributed by atoms with Gasteiger partial charge in [-0.25, -0.2) is 0 Å². The first-order valence-corrected chi connectivity index (χ1v) is 9.69. The highest BCUT2D eigenvalue weighted by atomic mass is 32.2. The van der Waals surface area contributed by atoms with Crippen LogP contribution in [-0.4, -0.2) is 29.4 Å². The number of fused-ring (bicyclic) bond motifs is 2. The topological polar surface area (TPSA) is 28.7 Å². The molecule has 3 heterocycles. The molecule has 0 bridgehead atoms. The Bertz CT molecular complexity index is 832. The zero-order valence-corrected chi connectivity index (χ0v) is 14.0. The first kappa shape index (κ1) is 13.1. The average molecular weight is 328 g/mol. The molecular weight excluding hydrogens is 312 g/mol. The molecule has 0 N–H and O–H groups in total. The number of hydrogen-bond acceptors (Lipinski definition) is 5. The second-order valence-corrected chi connectivity index (χ2v) is 7.77. The van der Waals surface area contributed by atoms with E-state index in [-0.39, 0.29) is 0 Å². The van der Waals surface area contributed by atoms with Crippen molar-refractivity contribution in [3.05, 3.63) is 34.9 Å². The molecule has 0 atom stereocenters. The van der Waals surface area contributed by atoms with E-state index in [0.29, 0.717) is 0 Å². The number of hydrogen-bond donors (Lipinski definition) is 0. The van der Waals surface area contributed by atoms with E-state index in [4.69, 9.17) is 4.42 Å². The van der Waals surface area contributed by atoms with Gasteiger partial charge in [-0.05, 0) is 43.2 Å². The van der Waals surface area contributed by atoms with Crippen molar-refractivity contribution in [1.82, 2.24) is 4.90 Å². The maximum absolute atomic E-state index is 5.69. The van der Waals surface area contributed by atoms with Crippen LogP contribution >= 0.6 is 23.5 Å². The van der Waals surface area contributed by atoms with Crippen molar-refractivity contribution < 1.29 is 4.42 Å². The van der Waals surface area contributed by atoms with Gasteiger partial charge in [-0.15, -0.1) is 11.8 Å². The summed E-state index contributed by atoms with van der Waals surface area (Å²) in [6.07, 6.45) is 6.57. The fourth-order valence-electron chi connectivity index (χ4n) is 3.27. The summed E-state index contributed by atoms with van der Waals surface area (Å²) in [4.78, 5) is 9.89. The van der Waals surface area contributed by atoms with E-state index in [1.54, 1.807) is 18.0 Å². The molecule has 5 heteroatoms. The third kappa shape index (κ3) is 1.88. The molecule has 0 amide bonds. The Kier molecular flexibility index (Phi) is 2.89. The van der Waals surface area contributed by atoms with Crippen molar-refractivity contribution in [3.63, 3.8) is 0 Å². The third-order valence-corrected chi connectivity index (χ3v) is 6.54. The lowest BCUT2D eigenvalue weighted by Gasteiger charge is -2.18. The quantitative estimate of drug-likeness (QED) is 0.767. The van der Waals surface area contributed by atoms with Gasteiger partial charge in [0.15, 0.2) is 5.17 Å². The van der Waals surface area contributed by atoms with Gasteiger partial charge in [0.25, 0.3) is 0 Å². The van der Waals surface area contributed by atoms with Gasteiger partial charge in [-0.2, -0.15) is 0 Å². The summed E-state index contributed by atoms with van der Waals surface area (Å²) >= 11 is 3.68. The van der Waals surface area contributed by atoms with Crippen LogP contribution in [0.15, 0.2) is 43.7 Å². The molecule has 22 heavy (non-hydrogen) atoms. The Morgan fingerprint density at radius 3 is 3.09 bits per heavy atom. The first-order valence-electron chi connectivity index (χ1n) is 7.65. The molecule has 112 valence electrons. The molecule has 0 spiro atoms. The zero-order chi connectivity index (χ0) is 14.7. The van der Waals surface area contributed by atoms with Gasteiger partial charge < -0.3 is 9.32 Å². The van der Waals surface area contributed by atoms with E-state index in [1.165, 1.54) is 44.5 Å². The van der Waals surface area contributed by atoms with Gasteiger partial charge in [0.05, 0.1) is 18.5 Å². The van der Waals surface area contributed by atoms with E-state index in [9.17, 15) is 0 Å². The van der Waals surface area contributed by atoms with Crippen molar-refractivity contribution in [2.75, 3.05) is 19.3 Å². The molecule has 3 aliphatic rings. The van der Waals surface area contributed by atoms with Crippen LogP contribution in [0.5, 0.6) is 0 Å². The van der Waals surface area contributed by atoms with Gasteiger partial charge in [0.1, 0.15) is 5.58 Å². The smallest absolute Gasteiger partial charge is 0.168 e.